The van der Waals surface area contributed by atoms with E-state index >= 15 is 0 Å². The van der Waals surface area contributed by atoms with Crippen LogP contribution in [0.15, 0.2) is 59.9 Å². The number of aliphatic imine (C=N–C) groups is 1. The number of anilines is 1. The number of aromatic nitrogens is 2. The number of nitrogens with zero attached hydrogens (tertiary/aromatic N) is 3. The van der Waals surface area contributed by atoms with Gasteiger partial charge in [0.2, 0.25) is 5.88 Å². The summed E-state index contributed by atoms with van der Waals surface area (Å²) in [5, 5.41) is 3.35. The lowest BCUT2D eigenvalue weighted by atomic mass is 9.78. The molecule has 2 aromatic heterocycles. The topological polar surface area (TPSA) is 121 Å². The normalized spacial score (nSPS) is 20.2. The third-order valence-electron chi connectivity index (χ3n) is 6.50. The van der Waals surface area contributed by atoms with Crippen LogP contribution in [0.3, 0.4) is 0 Å². The molecule has 10 heteroatoms. The second-order valence-corrected chi connectivity index (χ2v) is 9.10. The average Bonchev–Trinajstić information content (AvgIpc) is 2.90. The molecule has 1 aromatic carbocycles. The number of amides is 1. The molecule has 0 fully saturated rings. The van der Waals surface area contributed by atoms with Crippen molar-refractivity contribution < 1.29 is 19.0 Å². The number of halogens is 1. The van der Waals surface area contributed by atoms with Crippen LogP contribution in [0.25, 0.3) is 5.57 Å². The van der Waals surface area contributed by atoms with E-state index in [9.17, 15) is 4.79 Å². The van der Waals surface area contributed by atoms with E-state index in [1.54, 1.807) is 24.3 Å². The zero-order valence-electron chi connectivity index (χ0n) is 19.2. The number of nitrogens with one attached hydrogen (secondary N) is 1. The average molecular weight is 504 g/mol. The van der Waals surface area contributed by atoms with E-state index in [0.717, 1.165) is 28.7 Å². The molecule has 6 rings (SSSR count). The van der Waals surface area contributed by atoms with Crippen molar-refractivity contribution in [2.45, 2.75) is 18.4 Å². The van der Waals surface area contributed by atoms with Gasteiger partial charge in [-0.05, 0) is 54.0 Å². The Morgan fingerprint density at radius 3 is 2.78 bits per heavy atom. The first-order valence-corrected chi connectivity index (χ1v) is 11.9. The Hall–Kier alpha value is -3.95. The number of nitrogens with two attached hydrogens (primary N) is 1. The van der Waals surface area contributed by atoms with Crippen molar-refractivity contribution >= 4 is 34.8 Å². The minimum atomic E-state index is -0.876. The van der Waals surface area contributed by atoms with Crippen LogP contribution in [-0.4, -0.2) is 41.7 Å². The highest BCUT2D eigenvalue weighted by molar-refractivity contribution is 6.30. The Morgan fingerprint density at radius 1 is 1.08 bits per heavy atom. The molecule has 0 saturated carbocycles. The Bertz CT molecular complexity index is 1420. The molecule has 5 heterocycles. The molecule has 3 N–H and O–H groups in total. The van der Waals surface area contributed by atoms with Gasteiger partial charge in [-0.15, -0.1) is 0 Å². The van der Waals surface area contributed by atoms with Crippen LogP contribution >= 0.6 is 11.6 Å². The number of benzene rings is 1. The van der Waals surface area contributed by atoms with Crippen molar-refractivity contribution in [1.29, 1.82) is 0 Å². The molecule has 0 radical (unpaired) electrons. The Labute approximate surface area is 212 Å². The summed E-state index contributed by atoms with van der Waals surface area (Å²) in [4.78, 5) is 26.3. The number of pyridine rings is 2. The highest BCUT2D eigenvalue weighted by Crippen LogP contribution is 2.52. The highest BCUT2D eigenvalue weighted by Gasteiger charge is 2.45. The maximum absolute atomic E-state index is 12.8. The molecule has 1 spiro atoms. The van der Waals surface area contributed by atoms with E-state index in [1.807, 2.05) is 12.3 Å². The number of ether oxygens (including phenoxy) is 3. The van der Waals surface area contributed by atoms with Crippen LogP contribution in [0.1, 0.15) is 40.0 Å². The van der Waals surface area contributed by atoms with Gasteiger partial charge in [0, 0.05) is 35.6 Å². The zero-order chi connectivity index (χ0) is 24.7. The number of hydrogen-bond acceptors (Lipinski definition) is 8. The van der Waals surface area contributed by atoms with Gasteiger partial charge < -0.3 is 25.3 Å². The zero-order valence-corrected chi connectivity index (χ0v) is 19.9. The van der Waals surface area contributed by atoms with Crippen molar-refractivity contribution in [3.05, 3.63) is 82.3 Å². The van der Waals surface area contributed by atoms with Gasteiger partial charge >= 0.3 is 0 Å². The summed E-state index contributed by atoms with van der Waals surface area (Å²) in [5.41, 5.74) is 9.75. The number of fused-ring (bicyclic) bond motifs is 4. The fourth-order valence-electron chi connectivity index (χ4n) is 4.74. The first-order valence-electron chi connectivity index (χ1n) is 11.5. The van der Waals surface area contributed by atoms with Crippen LogP contribution in [0.5, 0.6) is 11.6 Å². The lowest BCUT2D eigenvalue weighted by Gasteiger charge is -2.39. The summed E-state index contributed by atoms with van der Waals surface area (Å²) in [6.07, 6.45) is 6.64. The van der Waals surface area contributed by atoms with Gasteiger partial charge in [-0.25, -0.2) is 15.0 Å². The Kier molecular flexibility index (Phi) is 5.58. The predicted molar refractivity (Wildman–Crippen MR) is 134 cm³/mol. The lowest BCUT2D eigenvalue weighted by molar-refractivity contribution is 0.102. The molecule has 0 bridgehead atoms. The Morgan fingerprint density at radius 2 is 2.00 bits per heavy atom. The second-order valence-electron chi connectivity index (χ2n) is 8.67. The first kappa shape index (κ1) is 22.5. The van der Waals surface area contributed by atoms with Crippen molar-refractivity contribution in [3.63, 3.8) is 0 Å². The van der Waals surface area contributed by atoms with E-state index in [1.165, 1.54) is 6.20 Å². The summed E-state index contributed by atoms with van der Waals surface area (Å²) in [7, 11) is 0. The van der Waals surface area contributed by atoms with Gasteiger partial charge in [-0.3, -0.25) is 4.79 Å². The number of amidine groups is 1. The highest BCUT2D eigenvalue weighted by atomic mass is 35.5. The number of carbonyl (C=O) groups excluding carboxylic acids is 1. The smallest absolute Gasteiger partial charge is 0.283 e. The van der Waals surface area contributed by atoms with Gasteiger partial charge in [-0.2, -0.15) is 0 Å². The van der Waals surface area contributed by atoms with Crippen molar-refractivity contribution in [2.75, 3.05) is 25.1 Å². The summed E-state index contributed by atoms with van der Waals surface area (Å²) in [6, 6.07) is 10.8. The summed E-state index contributed by atoms with van der Waals surface area (Å²) < 4.78 is 17.2. The molecule has 1 atom stereocenters. The molecule has 36 heavy (non-hydrogen) atoms. The third kappa shape index (κ3) is 3.96. The molecular formula is C26H22ClN5O4. The monoisotopic (exact) mass is 503 g/mol. The van der Waals surface area contributed by atoms with Crippen LogP contribution in [0.4, 0.5) is 5.69 Å². The van der Waals surface area contributed by atoms with Crippen LogP contribution in [0, 0.1) is 0 Å². The quantitative estimate of drug-likeness (QED) is 0.547. The SMILES string of the molecule is NC1=N[C@@]2(CCO1)c1cc(NC(=O)c3ccc(Cl)cn3)ccc1Oc1ncc(C3=CCOCC3)cc12. The van der Waals surface area contributed by atoms with E-state index in [4.69, 9.17) is 36.5 Å². The standard InChI is InChI=1S/C26H22ClN5O4/c27-17-1-3-21(29-14-17)23(33)31-18-2-4-22-19(12-18)26(7-10-35-25(28)32-26)20-11-16(13-30-24(20)36-22)15-5-8-34-9-6-15/h1-5,11-14H,6-10H2,(H2,28,32)(H,31,33)/t26-/m0/s1. The van der Waals surface area contributed by atoms with Gasteiger partial charge in [0.1, 0.15) is 17.0 Å². The second kappa shape index (κ2) is 8.92. The van der Waals surface area contributed by atoms with Crippen molar-refractivity contribution in [2.24, 2.45) is 10.7 Å². The van der Waals surface area contributed by atoms with E-state index in [0.29, 0.717) is 48.6 Å². The summed E-state index contributed by atoms with van der Waals surface area (Å²) in [6.45, 7) is 1.61. The van der Waals surface area contributed by atoms with E-state index in [-0.39, 0.29) is 17.6 Å². The molecule has 182 valence electrons. The summed E-state index contributed by atoms with van der Waals surface area (Å²) in [5.74, 6) is 0.705. The van der Waals surface area contributed by atoms with Gasteiger partial charge in [-0.1, -0.05) is 17.7 Å². The molecule has 9 nitrogen and oxygen atoms in total. The van der Waals surface area contributed by atoms with Crippen LogP contribution in [0.2, 0.25) is 5.02 Å². The minimum absolute atomic E-state index is 0.0931. The van der Waals surface area contributed by atoms with Crippen LogP contribution in [-0.2, 0) is 15.0 Å². The van der Waals surface area contributed by atoms with Crippen molar-refractivity contribution in [1.82, 2.24) is 9.97 Å². The van der Waals surface area contributed by atoms with Crippen LogP contribution < -0.4 is 15.8 Å². The van der Waals surface area contributed by atoms with Crippen molar-refractivity contribution in [3.8, 4) is 11.6 Å². The minimum Gasteiger partial charge on any atom is -0.465 e. The van der Waals surface area contributed by atoms with Gasteiger partial charge in [0.25, 0.3) is 11.9 Å². The van der Waals surface area contributed by atoms with Gasteiger partial charge in [0.05, 0.1) is 24.8 Å². The molecule has 0 aliphatic carbocycles. The molecule has 3 aromatic rings. The fourth-order valence-corrected chi connectivity index (χ4v) is 4.85. The largest absolute Gasteiger partial charge is 0.465 e. The molecule has 1 amide bonds. The number of carbonyl (C=O) groups is 1. The van der Waals surface area contributed by atoms with E-state index < -0.39 is 5.54 Å². The fraction of sp³-hybridized carbons (Fsp3) is 0.231. The maximum Gasteiger partial charge on any atom is 0.283 e. The number of hydrogen-bond donors (Lipinski definition) is 2. The van der Waals surface area contributed by atoms with Gasteiger partial charge in [0.15, 0.2) is 0 Å². The number of rotatable bonds is 3. The summed E-state index contributed by atoms with van der Waals surface area (Å²) >= 11 is 5.90. The predicted octanol–water partition coefficient (Wildman–Crippen LogP) is 4.27. The molecule has 0 saturated heterocycles. The lowest BCUT2D eigenvalue weighted by Crippen LogP contribution is -2.39. The molecule has 3 aliphatic heterocycles. The maximum atomic E-state index is 12.8. The third-order valence-corrected chi connectivity index (χ3v) is 6.72. The first-order chi connectivity index (χ1) is 17.5. The molecule has 0 unspecified atom stereocenters. The molecular weight excluding hydrogens is 482 g/mol. The Balaban J connectivity index is 1.43. The molecule has 3 aliphatic rings. The van der Waals surface area contributed by atoms with E-state index in [2.05, 4.69) is 27.4 Å².